The van der Waals surface area contributed by atoms with Crippen molar-refractivity contribution in [2.75, 3.05) is 6.54 Å². The highest BCUT2D eigenvalue weighted by Gasteiger charge is 2.50. The number of hydrogen-bond donors (Lipinski definition) is 2. The molecule has 0 bridgehead atoms. The smallest absolute Gasteiger partial charge is 0.308 e. The van der Waals surface area contributed by atoms with E-state index in [9.17, 15) is 9.59 Å². The van der Waals surface area contributed by atoms with Crippen LogP contribution in [0.4, 0.5) is 0 Å². The van der Waals surface area contributed by atoms with Crippen molar-refractivity contribution in [3.8, 4) is 0 Å². The lowest BCUT2D eigenvalue weighted by molar-refractivity contribution is -0.142. The van der Waals surface area contributed by atoms with Crippen LogP contribution in [0.1, 0.15) is 40.0 Å². The van der Waals surface area contributed by atoms with Gasteiger partial charge in [0.05, 0.1) is 5.92 Å². The first-order valence-electron chi connectivity index (χ1n) is 5.89. The van der Waals surface area contributed by atoms with Crippen LogP contribution in [0.15, 0.2) is 0 Å². The number of amides is 1. The van der Waals surface area contributed by atoms with Crippen molar-refractivity contribution in [1.82, 2.24) is 5.32 Å². The number of carbonyl (C=O) groups excluding carboxylic acids is 1. The molecule has 0 aromatic heterocycles. The van der Waals surface area contributed by atoms with Crippen molar-refractivity contribution in [1.29, 1.82) is 0 Å². The fourth-order valence-corrected chi connectivity index (χ4v) is 1.92. The quantitative estimate of drug-likeness (QED) is 0.725. The summed E-state index contributed by atoms with van der Waals surface area (Å²) in [6, 6.07) is 0. The van der Waals surface area contributed by atoms with Crippen LogP contribution in [0.2, 0.25) is 0 Å². The Bertz CT molecular complexity index is 286. The van der Waals surface area contributed by atoms with Gasteiger partial charge in [0.2, 0.25) is 5.91 Å². The minimum absolute atomic E-state index is 0.00681. The standard InChI is InChI=1S/C12H21NO3/c1-4-5-8(11(15)16)7-13-10(14)9-6-12(9,2)3/h8-9H,4-7H2,1-3H3,(H,13,14)(H,15,16)/t8?,9-/m1/s1. The molecule has 0 aromatic rings. The summed E-state index contributed by atoms with van der Waals surface area (Å²) in [7, 11) is 0. The van der Waals surface area contributed by atoms with Crippen molar-refractivity contribution >= 4 is 11.9 Å². The van der Waals surface area contributed by atoms with Crippen molar-refractivity contribution in [3.63, 3.8) is 0 Å². The third-order valence-corrected chi connectivity index (χ3v) is 3.34. The van der Waals surface area contributed by atoms with Gasteiger partial charge in [-0.05, 0) is 18.3 Å². The molecule has 0 spiro atoms. The van der Waals surface area contributed by atoms with Crippen molar-refractivity contribution in [2.45, 2.75) is 40.0 Å². The number of carboxylic acids is 1. The minimum Gasteiger partial charge on any atom is -0.481 e. The molecule has 2 N–H and O–H groups in total. The SMILES string of the molecule is CCCC(CNC(=O)[C@H]1CC1(C)C)C(=O)O. The molecule has 1 unspecified atom stereocenters. The molecule has 16 heavy (non-hydrogen) atoms. The summed E-state index contributed by atoms with van der Waals surface area (Å²) in [5.74, 6) is -1.19. The molecule has 1 amide bonds. The van der Waals surface area contributed by atoms with E-state index in [-0.39, 0.29) is 23.8 Å². The Morgan fingerprint density at radius 3 is 2.44 bits per heavy atom. The number of nitrogens with one attached hydrogen (secondary N) is 1. The van der Waals surface area contributed by atoms with Gasteiger partial charge >= 0.3 is 5.97 Å². The molecule has 0 saturated heterocycles. The molecule has 0 aliphatic heterocycles. The Kier molecular flexibility index (Phi) is 3.94. The lowest BCUT2D eigenvalue weighted by Gasteiger charge is -2.12. The number of hydrogen-bond acceptors (Lipinski definition) is 2. The van der Waals surface area contributed by atoms with Gasteiger partial charge in [-0.2, -0.15) is 0 Å². The van der Waals surface area contributed by atoms with Gasteiger partial charge in [0.25, 0.3) is 0 Å². The molecule has 1 aliphatic rings. The second-order valence-electron chi connectivity index (χ2n) is 5.31. The van der Waals surface area contributed by atoms with Gasteiger partial charge < -0.3 is 10.4 Å². The average Bonchev–Trinajstić information content (AvgIpc) is 2.81. The molecule has 92 valence electrons. The summed E-state index contributed by atoms with van der Waals surface area (Å²) in [5, 5.41) is 11.7. The number of rotatable bonds is 6. The maximum absolute atomic E-state index is 11.6. The Hall–Kier alpha value is -1.06. The molecular weight excluding hydrogens is 206 g/mol. The maximum atomic E-state index is 11.6. The molecule has 1 fully saturated rings. The summed E-state index contributed by atoms with van der Waals surface area (Å²) in [6.07, 6.45) is 2.34. The van der Waals surface area contributed by atoms with Crippen LogP contribution in [0, 0.1) is 17.3 Å². The van der Waals surface area contributed by atoms with E-state index in [1.54, 1.807) is 0 Å². The molecule has 0 heterocycles. The largest absolute Gasteiger partial charge is 0.481 e. The Morgan fingerprint density at radius 2 is 2.06 bits per heavy atom. The van der Waals surface area contributed by atoms with E-state index in [1.165, 1.54) is 0 Å². The molecule has 1 saturated carbocycles. The van der Waals surface area contributed by atoms with Crippen LogP contribution >= 0.6 is 0 Å². The second-order valence-corrected chi connectivity index (χ2v) is 5.31. The van der Waals surface area contributed by atoms with Crippen molar-refractivity contribution < 1.29 is 14.7 Å². The van der Waals surface area contributed by atoms with Crippen LogP contribution in [0.3, 0.4) is 0 Å². The maximum Gasteiger partial charge on any atom is 0.308 e. The first-order valence-corrected chi connectivity index (χ1v) is 5.89. The van der Waals surface area contributed by atoms with E-state index in [0.717, 1.165) is 12.8 Å². The van der Waals surface area contributed by atoms with Crippen LogP contribution < -0.4 is 5.32 Å². The molecule has 0 aromatic carbocycles. The number of carbonyl (C=O) groups is 2. The Labute approximate surface area is 96.4 Å². The highest BCUT2D eigenvalue weighted by Crippen LogP contribution is 2.51. The third kappa shape index (κ3) is 3.22. The van der Waals surface area contributed by atoms with Gasteiger partial charge in [-0.25, -0.2) is 0 Å². The average molecular weight is 227 g/mol. The summed E-state index contributed by atoms with van der Waals surface area (Å²) < 4.78 is 0. The zero-order valence-electron chi connectivity index (χ0n) is 10.2. The van der Waals surface area contributed by atoms with Crippen molar-refractivity contribution in [2.24, 2.45) is 17.3 Å². The zero-order chi connectivity index (χ0) is 12.3. The summed E-state index contributed by atoms with van der Waals surface area (Å²) in [4.78, 5) is 22.5. The van der Waals surface area contributed by atoms with E-state index in [1.807, 2.05) is 6.92 Å². The zero-order valence-corrected chi connectivity index (χ0v) is 10.2. The van der Waals surface area contributed by atoms with E-state index < -0.39 is 11.9 Å². The van der Waals surface area contributed by atoms with E-state index in [0.29, 0.717) is 6.42 Å². The molecular formula is C12H21NO3. The molecule has 1 rings (SSSR count). The van der Waals surface area contributed by atoms with Gasteiger partial charge in [-0.15, -0.1) is 0 Å². The van der Waals surface area contributed by atoms with Crippen LogP contribution in [-0.2, 0) is 9.59 Å². The van der Waals surface area contributed by atoms with Gasteiger partial charge in [0, 0.05) is 12.5 Å². The lowest BCUT2D eigenvalue weighted by atomic mass is 10.0. The highest BCUT2D eigenvalue weighted by molar-refractivity contribution is 5.83. The topological polar surface area (TPSA) is 66.4 Å². The van der Waals surface area contributed by atoms with E-state index in [2.05, 4.69) is 19.2 Å². The molecule has 2 atom stereocenters. The lowest BCUT2D eigenvalue weighted by Crippen LogP contribution is -2.34. The molecule has 4 nitrogen and oxygen atoms in total. The first-order chi connectivity index (χ1) is 7.38. The van der Waals surface area contributed by atoms with E-state index >= 15 is 0 Å². The second kappa shape index (κ2) is 4.85. The van der Waals surface area contributed by atoms with Gasteiger partial charge in [-0.3, -0.25) is 9.59 Å². The van der Waals surface area contributed by atoms with E-state index in [4.69, 9.17) is 5.11 Å². The molecule has 1 aliphatic carbocycles. The van der Waals surface area contributed by atoms with Crippen LogP contribution in [0.5, 0.6) is 0 Å². The summed E-state index contributed by atoms with van der Waals surface area (Å²) >= 11 is 0. The fraction of sp³-hybridized carbons (Fsp3) is 0.833. The molecule has 4 heteroatoms. The Balaban J connectivity index is 2.32. The van der Waals surface area contributed by atoms with Gasteiger partial charge in [0.1, 0.15) is 0 Å². The summed E-state index contributed by atoms with van der Waals surface area (Å²) in [6.45, 7) is 6.31. The third-order valence-electron chi connectivity index (χ3n) is 3.34. The number of carboxylic acid groups (broad SMARTS) is 1. The fourth-order valence-electron chi connectivity index (χ4n) is 1.92. The van der Waals surface area contributed by atoms with Crippen molar-refractivity contribution in [3.05, 3.63) is 0 Å². The molecule has 0 radical (unpaired) electrons. The monoisotopic (exact) mass is 227 g/mol. The van der Waals surface area contributed by atoms with Crippen LogP contribution in [0.25, 0.3) is 0 Å². The predicted molar refractivity (Wildman–Crippen MR) is 60.9 cm³/mol. The summed E-state index contributed by atoms with van der Waals surface area (Å²) in [5.41, 5.74) is 0.105. The number of aliphatic carboxylic acids is 1. The van der Waals surface area contributed by atoms with Gasteiger partial charge in [0.15, 0.2) is 0 Å². The van der Waals surface area contributed by atoms with Gasteiger partial charge in [-0.1, -0.05) is 27.2 Å². The van der Waals surface area contributed by atoms with Crippen LogP contribution in [-0.4, -0.2) is 23.5 Å². The predicted octanol–water partition coefficient (Wildman–Crippen LogP) is 1.65. The minimum atomic E-state index is -0.822. The normalized spacial score (nSPS) is 23.6. The Morgan fingerprint density at radius 1 is 1.50 bits per heavy atom. The first kappa shape index (κ1) is 13.0. The highest BCUT2D eigenvalue weighted by atomic mass is 16.4.